The number of rotatable bonds is 3. The second kappa shape index (κ2) is 4.58. The maximum atomic E-state index is 4.71. The quantitative estimate of drug-likeness (QED) is 0.770. The minimum Gasteiger partial charge on any atom is -0.327 e. The molecular formula is C13H17BrN2. The van der Waals surface area contributed by atoms with E-state index in [4.69, 9.17) is 4.98 Å². The topological polar surface area (TPSA) is 17.8 Å². The van der Waals surface area contributed by atoms with Crippen LogP contribution in [0.25, 0.3) is 11.0 Å². The number of nitrogens with zero attached hydrogens (tertiary/aromatic N) is 2. The van der Waals surface area contributed by atoms with Gasteiger partial charge in [0.15, 0.2) is 0 Å². The predicted octanol–water partition coefficient (Wildman–Crippen LogP) is 4.21. The predicted molar refractivity (Wildman–Crippen MR) is 72.1 cm³/mol. The van der Waals surface area contributed by atoms with E-state index in [0.29, 0.717) is 4.83 Å². The van der Waals surface area contributed by atoms with E-state index < -0.39 is 0 Å². The normalized spacial score (nSPS) is 13.2. The second-order valence-electron chi connectivity index (χ2n) is 4.23. The molecular weight excluding hydrogens is 264 g/mol. The Kier molecular flexibility index (Phi) is 3.33. The molecule has 0 bridgehead atoms. The van der Waals surface area contributed by atoms with Crippen molar-refractivity contribution in [3.63, 3.8) is 0 Å². The molecule has 0 aliphatic heterocycles. The first kappa shape index (κ1) is 11.6. The van der Waals surface area contributed by atoms with Crippen LogP contribution < -0.4 is 0 Å². The van der Waals surface area contributed by atoms with E-state index in [0.717, 1.165) is 24.3 Å². The Bertz CT molecular complexity index is 500. The molecule has 0 aliphatic carbocycles. The summed E-state index contributed by atoms with van der Waals surface area (Å²) in [4.78, 5) is 5.01. The fourth-order valence-corrected chi connectivity index (χ4v) is 2.37. The van der Waals surface area contributed by atoms with Gasteiger partial charge in [0.25, 0.3) is 0 Å². The molecule has 2 aromatic rings. The highest BCUT2D eigenvalue weighted by atomic mass is 79.9. The van der Waals surface area contributed by atoms with Gasteiger partial charge in [-0.1, -0.05) is 28.9 Å². The number of aromatic nitrogens is 2. The summed E-state index contributed by atoms with van der Waals surface area (Å²) in [5.41, 5.74) is 3.62. The van der Waals surface area contributed by atoms with Crippen molar-refractivity contribution in [3.05, 3.63) is 29.6 Å². The van der Waals surface area contributed by atoms with Crippen molar-refractivity contribution in [2.75, 3.05) is 0 Å². The highest BCUT2D eigenvalue weighted by molar-refractivity contribution is 9.09. The third kappa shape index (κ3) is 2.01. The Labute approximate surface area is 105 Å². The van der Waals surface area contributed by atoms with Gasteiger partial charge in [0.2, 0.25) is 0 Å². The average Bonchev–Trinajstić information content (AvgIpc) is 2.57. The summed E-state index contributed by atoms with van der Waals surface area (Å²) in [5, 5.41) is 0. The fraction of sp³-hybridized carbons (Fsp3) is 0.462. The van der Waals surface area contributed by atoms with Gasteiger partial charge in [-0.25, -0.2) is 4.98 Å². The van der Waals surface area contributed by atoms with Crippen LogP contribution in [0.5, 0.6) is 0 Å². The van der Waals surface area contributed by atoms with Crippen molar-refractivity contribution in [1.82, 2.24) is 9.55 Å². The average molecular weight is 281 g/mol. The zero-order valence-electron chi connectivity index (χ0n) is 10.00. The summed E-state index contributed by atoms with van der Waals surface area (Å²) in [5.74, 6) is 1.13. The van der Waals surface area contributed by atoms with E-state index in [1.807, 2.05) is 0 Å². The van der Waals surface area contributed by atoms with E-state index in [1.54, 1.807) is 0 Å². The number of fused-ring (bicyclic) bond motifs is 1. The van der Waals surface area contributed by atoms with Crippen LogP contribution in [0.3, 0.4) is 0 Å². The van der Waals surface area contributed by atoms with Gasteiger partial charge in [0.05, 0.1) is 15.9 Å². The summed E-state index contributed by atoms with van der Waals surface area (Å²) >= 11 is 3.62. The zero-order valence-corrected chi connectivity index (χ0v) is 11.6. The molecule has 0 saturated heterocycles. The Morgan fingerprint density at radius 3 is 2.81 bits per heavy atom. The van der Waals surface area contributed by atoms with Crippen LogP contribution in [-0.4, -0.2) is 9.55 Å². The van der Waals surface area contributed by atoms with Gasteiger partial charge < -0.3 is 4.57 Å². The number of aryl methyl sites for hydroxylation is 2. The van der Waals surface area contributed by atoms with Gasteiger partial charge in [0.1, 0.15) is 5.82 Å². The molecule has 16 heavy (non-hydrogen) atoms. The molecule has 1 aromatic carbocycles. The van der Waals surface area contributed by atoms with Crippen LogP contribution >= 0.6 is 15.9 Å². The SMILES string of the molecule is CCCn1c(C(C)Br)nc2cc(C)ccc21. The lowest BCUT2D eigenvalue weighted by Gasteiger charge is -2.08. The van der Waals surface area contributed by atoms with Crippen LogP contribution in [-0.2, 0) is 6.54 Å². The number of imidazole rings is 1. The molecule has 0 fully saturated rings. The maximum absolute atomic E-state index is 4.71. The zero-order chi connectivity index (χ0) is 11.7. The van der Waals surface area contributed by atoms with Crippen molar-refractivity contribution in [1.29, 1.82) is 0 Å². The van der Waals surface area contributed by atoms with Gasteiger partial charge in [-0.15, -0.1) is 0 Å². The Morgan fingerprint density at radius 2 is 2.19 bits per heavy atom. The van der Waals surface area contributed by atoms with Crippen molar-refractivity contribution < 1.29 is 0 Å². The lowest BCUT2D eigenvalue weighted by molar-refractivity contribution is 0.658. The van der Waals surface area contributed by atoms with Crippen LogP contribution in [0, 0.1) is 6.92 Å². The molecule has 0 spiro atoms. The molecule has 0 amide bonds. The Hall–Kier alpha value is -0.830. The van der Waals surface area contributed by atoms with E-state index in [9.17, 15) is 0 Å². The lowest BCUT2D eigenvalue weighted by atomic mass is 10.2. The number of halogens is 1. The van der Waals surface area contributed by atoms with Crippen LogP contribution in [0.1, 0.15) is 36.5 Å². The fourth-order valence-electron chi connectivity index (χ4n) is 2.02. The maximum Gasteiger partial charge on any atom is 0.123 e. The molecule has 0 N–H and O–H groups in total. The molecule has 1 atom stereocenters. The van der Waals surface area contributed by atoms with Gasteiger partial charge in [-0.3, -0.25) is 0 Å². The van der Waals surface area contributed by atoms with Crippen molar-refractivity contribution in [2.24, 2.45) is 0 Å². The minimum atomic E-state index is 0.298. The molecule has 1 heterocycles. The van der Waals surface area contributed by atoms with Gasteiger partial charge in [-0.2, -0.15) is 0 Å². The van der Waals surface area contributed by atoms with Gasteiger partial charge in [0, 0.05) is 6.54 Å². The van der Waals surface area contributed by atoms with E-state index in [1.165, 1.54) is 11.1 Å². The summed E-state index contributed by atoms with van der Waals surface area (Å²) in [6.07, 6.45) is 1.13. The van der Waals surface area contributed by atoms with E-state index >= 15 is 0 Å². The molecule has 0 aliphatic rings. The second-order valence-corrected chi connectivity index (χ2v) is 5.60. The van der Waals surface area contributed by atoms with Crippen LogP contribution in [0.2, 0.25) is 0 Å². The molecule has 3 heteroatoms. The first-order valence-corrected chi connectivity index (χ1v) is 6.66. The van der Waals surface area contributed by atoms with Crippen LogP contribution in [0.15, 0.2) is 18.2 Å². The number of benzene rings is 1. The van der Waals surface area contributed by atoms with Gasteiger partial charge >= 0.3 is 0 Å². The monoisotopic (exact) mass is 280 g/mol. The first-order valence-electron chi connectivity index (χ1n) is 5.74. The summed E-state index contributed by atoms with van der Waals surface area (Å²) in [6.45, 7) is 7.46. The van der Waals surface area contributed by atoms with Crippen molar-refractivity contribution in [2.45, 2.75) is 38.6 Å². The molecule has 1 unspecified atom stereocenters. The molecule has 86 valence electrons. The first-order chi connectivity index (χ1) is 7.63. The third-order valence-electron chi connectivity index (χ3n) is 2.74. The number of alkyl halides is 1. The minimum absolute atomic E-state index is 0.298. The third-order valence-corrected chi connectivity index (χ3v) is 3.15. The van der Waals surface area contributed by atoms with E-state index in [2.05, 4.69) is 59.5 Å². The summed E-state index contributed by atoms with van der Waals surface area (Å²) in [6, 6.07) is 6.48. The summed E-state index contributed by atoms with van der Waals surface area (Å²) < 4.78 is 2.31. The lowest BCUT2D eigenvalue weighted by Crippen LogP contribution is -2.03. The summed E-state index contributed by atoms with van der Waals surface area (Å²) in [7, 11) is 0. The highest BCUT2D eigenvalue weighted by Gasteiger charge is 2.13. The standard InChI is InChI=1S/C13H17BrN2/c1-4-7-16-12-6-5-9(2)8-11(12)15-13(16)10(3)14/h5-6,8,10H,4,7H2,1-3H3. The molecule has 0 radical (unpaired) electrons. The Morgan fingerprint density at radius 1 is 1.44 bits per heavy atom. The Balaban J connectivity index is 2.65. The molecule has 2 rings (SSSR count). The number of hydrogen-bond donors (Lipinski definition) is 0. The van der Waals surface area contributed by atoms with Crippen LogP contribution in [0.4, 0.5) is 0 Å². The van der Waals surface area contributed by atoms with E-state index in [-0.39, 0.29) is 0 Å². The molecule has 1 aromatic heterocycles. The van der Waals surface area contributed by atoms with Crippen molar-refractivity contribution >= 4 is 27.0 Å². The molecule has 2 nitrogen and oxygen atoms in total. The molecule has 0 saturated carbocycles. The largest absolute Gasteiger partial charge is 0.327 e. The highest BCUT2D eigenvalue weighted by Crippen LogP contribution is 2.26. The smallest absolute Gasteiger partial charge is 0.123 e. The van der Waals surface area contributed by atoms with Gasteiger partial charge in [-0.05, 0) is 38.0 Å². The number of hydrogen-bond acceptors (Lipinski definition) is 1. The van der Waals surface area contributed by atoms with Crippen molar-refractivity contribution in [3.8, 4) is 0 Å².